The van der Waals surface area contributed by atoms with Crippen molar-refractivity contribution in [2.24, 2.45) is 0 Å². The van der Waals surface area contributed by atoms with Crippen LogP contribution in [0, 0.1) is 24.0 Å². The molecule has 0 aliphatic carbocycles. The lowest BCUT2D eigenvalue weighted by Crippen LogP contribution is -2.28. The van der Waals surface area contributed by atoms with Crippen LogP contribution in [0.2, 0.25) is 0 Å². The number of carbonyl (C=O) groups excluding carboxylic acids is 1. The smallest absolute Gasteiger partial charge is 0.358 e. The molecule has 0 aliphatic heterocycles. The Balaban J connectivity index is 2.01. The van der Waals surface area contributed by atoms with Crippen molar-refractivity contribution in [2.75, 3.05) is 0 Å². The van der Waals surface area contributed by atoms with E-state index in [-0.39, 0.29) is 22.7 Å². The highest BCUT2D eigenvalue weighted by Gasteiger charge is 2.24. The first-order chi connectivity index (χ1) is 10.8. The Morgan fingerprint density at radius 3 is 2.61 bits per heavy atom. The molecule has 9 nitrogen and oxygen atoms in total. The molecule has 0 spiro atoms. The summed E-state index contributed by atoms with van der Waals surface area (Å²) in [5.74, 6) is -0.572. The molecule has 2 aromatic heterocycles. The Kier molecular flexibility index (Phi) is 5.14. The van der Waals surface area contributed by atoms with Crippen LogP contribution in [0.5, 0.6) is 0 Å². The van der Waals surface area contributed by atoms with Gasteiger partial charge in [-0.25, -0.2) is 0 Å². The van der Waals surface area contributed by atoms with Crippen LogP contribution >= 0.6 is 15.9 Å². The highest BCUT2D eigenvalue weighted by molar-refractivity contribution is 9.10. The Bertz CT molecular complexity index is 751. The van der Waals surface area contributed by atoms with Crippen LogP contribution in [-0.4, -0.2) is 30.4 Å². The van der Waals surface area contributed by atoms with E-state index >= 15 is 0 Å². The van der Waals surface area contributed by atoms with E-state index in [2.05, 4.69) is 31.4 Å². The molecule has 23 heavy (non-hydrogen) atoms. The topological polar surface area (TPSA) is 108 Å². The first kappa shape index (κ1) is 17.1. The number of aryl methyl sites for hydroxylation is 1. The van der Waals surface area contributed by atoms with Gasteiger partial charge in [0.25, 0.3) is 0 Å². The van der Waals surface area contributed by atoms with E-state index in [1.807, 2.05) is 18.5 Å². The maximum atomic E-state index is 12.0. The molecule has 0 aromatic carbocycles. The van der Waals surface area contributed by atoms with Gasteiger partial charge in [0.15, 0.2) is 0 Å². The van der Waals surface area contributed by atoms with Gasteiger partial charge in [0, 0.05) is 24.3 Å². The van der Waals surface area contributed by atoms with Gasteiger partial charge in [0.1, 0.15) is 11.0 Å². The molecular formula is C13H17BrN6O3. The zero-order valence-electron chi connectivity index (χ0n) is 13.0. The van der Waals surface area contributed by atoms with Gasteiger partial charge in [-0.05, 0) is 41.6 Å². The largest absolute Gasteiger partial charge is 0.404 e. The van der Waals surface area contributed by atoms with Crippen molar-refractivity contribution >= 4 is 27.7 Å². The molecule has 2 rings (SSSR count). The zero-order chi connectivity index (χ0) is 17.1. The van der Waals surface area contributed by atoms with Crippen LogP contribution in [-0.2, 0) is 24.4 Å². The predicted molar refractivity (Wildman–Crippen MR) is 85.8 cm³/mol. The minimum Gasteiger partial charge on any atom is -0.358 e. The number of nitrogens with one attached hydrogen (secondary N) is 1. The van der Waals surface area contributed by atoms with Crippen LogP contribution in [0.3, 0.4) is 0 Å². The van der Waals surface area contributed by atoms with Crippen molar-refractivity contribution in [3.63, 3.8) is 0 Å². The van der Waals surface area contributed by atoms with Gasteiger partial charge < -0.3 is 15.4 Å². The number of nitrogens with zero attached hydrogens (tertiary/aromatic N) is 5. The molecule has 10 heteroatoms. The second-order valence-corrected chi connectivity index (χ2v) is 5.78. The van der Waals surface area contributed by atoms with E-state index in [1.54, 1.807) is 13.1 Å². The predicted octanol–water partition coefficient (Wildman–Crippen LogP) is 1.70. The van der Waals surface area contributed by atoms with E-state index in [1.165, 1.54) is 4.68 Å². The van der Waals surface area contributed by atoms with Crippen LogP contribution in [0.15, 0.2) is 10.7 Å². The first-order valence-corrected chi connectivity index (χ1v) is 7.79. The summed E-state index contributed by atoms with van der Waals surface area (Å²) in [6.45, 7) is 6.63. The lowest BCUT2D eigenvalue weighted by Gasteiger charge is -2.05. The Labute approximate surface area is 140 Å². The highest BCUT2D eigenvalue weighted by Crippen LogP contribution is 2.26. The summed E-state index contributed by atoms with van der Waals surface area (Å²) in [6.07, 6.45) is 1.72. The highest BCUT2D eigenvalue weighted by atomic mass is 79.9. The standard InChI is InChI=1S/C13H17BrN6O3/c1-4-18-8(2)10(6-16-18)5-15-11(21)7-19-9(3)12(14)13(17-19)20(22)23/h6H,4-5,7H2,1-3H3,(H,15,21). The summed E-state index contributed by atoms with van der Waals surface area (Å²) < 4.78 is 3.44. The summed E-state index contributed by atoms with van der Waals surface area (Å²) in [5, 5.41) is 21.7. The van der Waals surface area contributed by atoms with Gasteiger partial charge >= 0.3 is 5.82 Å². The number of hydrogen-bond acceptors (Lipinski definition) is 5. The second-order valence-electron chi connectivity index (χ2n) is 4.99. The fourth-order valence-corrected chi connectivity index (χ4v) is 2.57. The normalized spacial score (nSPS) is 10.8. The maximum absolute atomic E-state index is 12.0. The monoisotopic (exact) mass is 384 g/mol. The van der Waals surface area contributed by atoms with E-state index in [0.29, 0.717) is 12.2 Å². The van der Waals surface area contributed by atoms with Crippen molar-refractivity contribution in [1.82, 2.24) is 24.9 Å². The second kappa shape index (κ2) is 6.90. The van der Waals surface area contributed by atoms with Gasteiger partial charge in [0.2, 0.25) is 5.91 Å². The van der Waals surface area contributed by atoms with E-state index < -0.39 is 4.92 Å². The van der Waals surface area contributed by atoms with Crippen LogP contribution in [0.1, 0.15) is 23.9 Å². The lowest BCUT2D eigenvalue weighted by molar-refractivity contribution is -0.390. The number of nitro groups is 1. The molecule has 0 unspecified atom stereocenters. The molecule has 0 saturated heterocycles. The molecule has 124 valence electrons. The average molecular weight is 385 g/mol. The molecule has 0 atom stereocenters. The maximum Gasteiger partial charge on any atom is 0.404 e. The minimum absolute atomic E-state index is 0.0841. The van der Waals surface area contributed by atoms with Gasteiger partial charge in [0.05, 0.1) is 17.0 Å². The number of rotatable bonds is 6. The van der Waals surface area contributed by atoms with Crippen molar-refractivity contribution in [3.8, 4) is 0 Å². The van der Waals surface area contributed by atoms with Gasteiger partial charge in [-0.15, -0.1) is 0 Å². The Morgan fingerprint density at radius 2 is 2.09 bits per heavy atom. The summed E-state index contributed by atoms with van der Waals surface area (Å²) in [7, 11) is 0. The van der Waals surface area contributed by atoms with Crippen LogP contribution < -0.4 is 5.32 Å². The number of carbonyl (C=O) groups is 1. The quantitative estimate of drug-likeness (QED) is 0.602. The molecule has 0 saturated carbocycles. The SMILES string of the molecule is CCn1ncc(CNC(=O)Cn2nc([N+](=O)[O-])c(Br)c2C)c1C. The summed E-state index contributed by atoms with van der Waals surface area (Å²) in [6, 6.07) is 0. The lowest BCUT2D eigenvalue weighted by atomic mass is 10.2. The van der Waals surface area contributed by atoms with Crippen molar-refractivity contribution in [3.05, 3.63) is 37.7 Å². The van der Waals surface area contributed by atoms with E-state index in [4.69, 9.17) is 0 Å². The number of halogens is 1. The average Bonchev–Trinajstić information content (AvgIpc) is 3.00. The van der Waals surface area contributed by atoms with Gasteiger partial charge in [-0.3, -0.25) is 9.48 Å². The van der Waals surface area contributed by atoms with E-state index in [9.17, 15) is 14.9 Å². The third-order valence-electron chi connectivity index (χ3n) is 3.56. The molecule has 0 aliphatic rings. The fourth-order valence-electron chi connectivity index (χ4n) is 2.14. The number of aromatic nitrogens is 4. The fraction of sp³-hybridized carbons (Fsp3) is 0.462. The summed E-state index contributed by atoms with van der Waals surface area (Å²) in [4.78, 5) is 22.3. The van der Waals surface area contributed by atoms with Crippen molar-refractivity contribution < 1.29 is 9.72 Å². The van der Waals surface area contributed by atoms with E-state index in [0.717, 1.165) is 17.8 Å². The van der Waals surface area contributed by atoms with Crippen molar-refractivity contribution in [2.45, 2.75) is 40.4 Å². The molecule has 2 aromatic rings. The molecule has 1 amide bonds. The molecule has 0 bridgehead atoms. The summed E-state index contributed by atoms with van der Waals surface area (Å²) in [5.41, 5.74) is 2.47. The Morgan fingerprint density at radius 1 is 1.39 bits per heavy atom. The van der Waals surface area contributed by atoms with Crippen LogP contribution in [0.4, 0.5) is 5.82 Å². The molecule has 0 fully saturated rings. The molecule has 2 heterocycles. The van der Waals surface area contributed by atoms with Crippen molar-refractivity contribution in [1.29, 1.82) is 0 Å². The summed E-state index contributed by atoms with van der Waals surface area (Å²) >= 11 is 3.12. The minimum atomic E-state index is -0.589. The number of amides is 1. The molecule has 0 radical (unpaired) electrons. The molecule has 1 N–H and O–H groups in total. The zero-order valence-corrected chi connectivity index (χ0v) is 14.6. The third-order valence-corrected chi connectivity index (χ3v) is 4.49. The van der Waals surface area contributed by atoms with Gasteiger partial charge in [-0.1, -0.05) is 0 Å². The first-order valence-electron chi connectivity index (χ1n) is 7.00. The van der Waals surface area contributed by atoms with Crippen LogP contribution in [0.25, 0.3) is 0 Å². The van der Waals surface area contributed by atoms with Gasteiger partial charge in [-0.2, -0.15) is 9.78 Å². The molecular weight excluding hydrogens is 368 g/mol. The Hall–Kier alpha value is -2.23. The number of hydrogen-bond donors (Lipinski definition) is 1. The third kappa shape index (κ3) is 3.58.